The van der Waals surface area contributed by atoms with Gasteiger partial charge < -0.3 is 30.0 Å². The molecule has 55 heavy (non-hydrogen) atoms. The van der Waals surface area contributed by atoms with Crippen LogP contribution in [-0.4, -0.2) is 55.5 Å². The van der Waals surface area contributed by atoms with E-state index in [1.807, 2.05) is 65.4 Å². The van der Waals surface area contributed by atoms with Crippen LogP contribution < -0.4 is 20.5 Å². The number of imidazole rings is 1. The van der Waals surface area contributed by atoms with Crippen LogP contribution in [0.4, 0.5) is 5.82 Å². The van der Waals surface area contributed by atoms with Crippen LogP contribution in [0.15, 0.2) is 108 Å². The molecule has 1 atom stereocenters. The number of carbonyl (C=O) groups is 1. The zero-order valence-electron chi connectivity index (χ0n) is 29.7. The van der Waals surface area contributed by atoms with E-state index < -0.39 is 6.29 Å². The third-order valence-corrected chi connectivity index (χ3v) is 10.4. The summed E-state index contributed by atoms with van der Waals surface area (Å²) in [7, 11) is 1.63. The molecule has 7 aromatic rings. The number of rotatable bonds is 10. The van der Waals surface area contributed by atoms with Crippen molar-refractivity contribution in [3.63, 3.8) is 0 Å². The van der Waals surface area contributed by atoms with E-state index in [-0.39, 0.29) is 11.9 Å². The fourth-order valence-corrected chi connectivity index (χ4v) is 7.58. The van der Waals surface area contributed by atoms with Gasteiger partial charge in [0.05, 0.1) is 42.0 Å². The fraction of sp³-hybridized carbons (Fsp3) is 0.195. The lowest BCUT2D eigenvalue weighted by atomic mass is 10.1. The number of benzene rings is 3. The quantitative estimate of drug-likeness (QED) is 0.147. The van der Waals surface area contributed by atoms with Gasteiger partial charge in [0.2, 0.25) is 0 Å². The molecule has 2 aliphatic rings. The molecule has 1 saturated heterocycles. The molecule has 3 N–H and O–H groups in total. The van der Waals surface area contributed by atoms with E-state index in [4.69, 9.17) is 34.6 Å². The number of ether oxygens (including phenoxy) is 4. The molecule has 5 heterocycles. The molecule has 9 rings (SSSR count). The van der Waals surface area contributed by atoms with E-state index in [2.05, 4.69) is 43.5 Å². The Labute approximate surface area is 324 Å². The number of nitrogens with zero attached hydrogens (tertiary/aromatic N) is 6. The first kappa shape index (κ1) is 34.7. The molecule has 0 bridgehead atoms. The SMILES string of the molecule is COc1ccc(COc2ccc(C(=O)N[C@H]3CCc4cc(-n5c(-c6cccnc6N)nc6c(Br)cc(-n7cccn7)nc65)ccc43)cc2C2OCCO2)cc1. The zero-order valence-corrected chi connectivity index (χ0v) is 31.3. The molecule has 1 aliphatic heterocycles. The Morgan fingerprint density at radius 1 is 0.982 bits per heavy atom. The monoisotopic (exact) mass is 798 g/mol. The first-order chi connectivity index (χ1) is 26.9. The Bertz CT molecular complexity index is 2530. The lowest BCUT2D eigenvalue weighted by molar-refractivity contribution is -0.0459. The van der Waals surface area contributed by atoms with Crippen molar-refractivity contribution in [2.24, 2.45) is 0 Å². The van der Waals surface area contributed by atoms with E-state index in [1.165, 1.54) is 0 Å². The Hall–Kier alpha value is -6.09. The Morgan fingerprint density at radius 2 is 1.84 bits per heavy atom. The van der Waals surface area contributed by atoms with Crippen molar-refractivity contribution in [2.45, 2.75) is 31.8 Å². The predicted octanol–water partition coefficient (Wildman–Crippen LogP) is 7.06. The highest BCUT2D eigenvalue weighted by Gasteiger charge is 2.29. The summed E-state index contributed by atoms with van der Waals surface area (Å²) in [4.78, 5) is 28.2. The number of nitrogen functional groups attached to an aromatic ring is 1. The van der Waals surface area contributed by atoms with Crippen LogP contribution in [-0.2, 0) is 22.5 Å². The number of fused-ring (bicyclic) bond motifs is 2. The van der Waals surface area contributed by atoms with Crippen molar-refractivity contribution in [2.75, 3.05) is 26.1 Å². The molecular formula is C41H35BrN8O5. The van der Waals surface area contributed by atoms with Gasteiger partial charge in [-0.25, -0.2) is 19.6 Å². The lowest BCUT2D eigenvalue weighted by Gasteiger charge is -2.19. The van der Waals surface area contributed by atoms with Gasteiger partial charge in [-0.3, -0.25) is 9.36 Å². The molecule has 1 amide bonds. The molecule has 0 unspecified atom stereocenters. The topological polar surface area (TPSA) is 153 Å². The minimum Gasteiger partial charge on any atom is -0.497 e. The van der Waals surface area contributed by atoms with E-state index >= 15 is 0 Å². The van der Waals surface area contributed by atoms with Gasteiger partial charge in [-0.15, -0.1) is 0 Å². The maximum Gasteiger partial charge on any atom is 0.251 e. The normalized spacial score (nSPS) is 15.3. The summed E-state index contributed by atoms with van der Waals surface area (Å²) in [5.41, 5.74) is 13.5. The van der Waals surface area contributed by atoms with E-state index in [0.717, 1.165) is 45.4 Å². The average Bonchev–Trinajstić information content (AvgIpc) is 4.05. The fourth-order valence-electron chi connectivity index (χ4n) is 7.11. The molecule has 4 aromatic heterocycles. The minimum atomic E-state index is -0.624. The smallest absolute Gasteiger partial charge is 0.251 e. The molecule has 14 heteroatoms. The van der Waals surface area contributed by atoms with Crippen LogP contribution in [0.2, 0.25) is 0 Å². The van der Waals surface area contributed by atoms with Gasteiger partial charge in [0, 0.05) is 29.8 Å². The molecule has 0 spiro atoms. The molecule has 3 aromatic carbocycles. The van der Waals surface area contributed by atoms with Gasteiger partial charge >= 0.3 is 0 Å². The van der Waals surface area contributed by atoms with Gasteiger partial charge in [-0.2, -0.15) is 5.10 Å². The van der Waals surface area contributed by atoms with Crippen molar-refractivity contribution in [1.82, 2.24) is 34.6 Å². The van der Waals surface area contributed by atoms with Crippen LogP contribution in [0.3, 0.4) is 0 Å². The molecule has 0 radical (unpaired) electrons. The number of anilines is 1. The number of carbonyl (C=O) groups excluding carboxylic acids is 1. The third-order valence-electron chi connectivity index (χ3n) is 9.84. The summed E-state index contributed by atoms with van der Waals surface area (Å²) in [6.07, 6.45) is 6.10. The van der Waals surface area contributed by atoms with Crippen molar-refractivity contribution in [3.8, 4) is 34.4 Å². The second-order valence-corrected chi connectivity index (χ2v) is 14.1. The number of nitrogens with two attached hydrogens (primary N) is 1. The Kier molecular flexibility index (Phi) is 9.22. The number of halogens is 1. The average molecular weight is 800 g/mol. The van der Waals surface area contributed by atoms with Gasteiger partial charge in [0.15, 0.2) is 23.6 Å². The number of aromatic nitrogens is 6. The maximum absolute atomic E-state index is 13.8. The van der Waals surface area contributed by atoms with Crippen molar-refractivity contribution in [3.05, 3.63) is 136 Å². The summed E-state index contributed by atoms with van der Waals surface area (Å²) in [6.45, 7) is 1.26. The zero-order chi connectivity index (χ0) is 37.5. The van der Waals surface area contributed by atoms with E-state index in [9.17, 15) is 4.79 Å². The Balaban J connectivity index is 1.01. The van der Waals surface area contributed by atoms with Gasteiger partial charge in [0.1, 0.15) is 29.4 Å². The van der Waals surface area contributed by atoms with Crippen LogP contribution in [0.25, 0.3) is 34.1 Å². The summed E-state index contributed by atoms with van der Waals surface area (Å²) in [5, 5.41) is 7.66. The summed E-state index contributed by atoms with van der Waals surface area (Å²) in [5.74, 6) is 2.77. The molecular weight excluding hydrogens is 764 g/mol. The molecule has 0 saturated carbocycles. The number of amides is 1. The summed E-state index contributed by atoms with van der Waals surface area (Å²) < 4.78 is 27.6. The molecule has 1 aliphatic carbocycles. The minimum absolute atomic E-state index is 0.184. The maximum atomic E-state index is 13.8. The largest absolute Gasteiger partial charge is 0.497 e. The van der Waals surface area contributed by atoms with Crippen LogP contribution in [0, 0.1) is 0 Å². The van der Waals surface area contributed by atoms with Crippen LogP contribution >= 0.6 is 15.9 Å². The van der Waals surface area contributed by atoms with Crippen molar-refractivity contribution >= 4 is 38.8 Å². The standard InChI is InChI=1S/C41H35BrN8O5/c1-52-28-10-5-24(6-11-28)23-55-34-14-8-26(21-31(34)41-53-18-19-54-41)40(51)46-33-13-7-25-20-27(9-12-29(25)33)50-38(30-4-2-15-44-37(30)43)48-36-32(42)22-35(47-39(36)50)49-17-3-16-45-49/h2-6,8-12,14-17,20-22,33,41H,7,13,18-19,23H2,1H3,(H2,43,44)(H,46,51)/t33-/m0/s1. The van der Waals surface area contributed by atoms with Gasteiger partial charge in [0.25, 0.3) is 5.91 Å². The lowest BCUT2D eigenvalue weighted by Crippen LogP contribution is -2.27. The molecule has 13 nitrogen and oxygen atoms in total. The van der Waals surface area contributed by atoms with Crippen LogP contribution in [0.5, 0.6) is 11.5 Å². The highest BCUT2D eigenvalue weighted by atomic mass is 79.9. The highest BCUT2D eigenvalue weighted by molar-refractivity contribution is 9.10. The van der Waals surface area contributed by atoms with Gasteiger partial charge in [-0.05, 0) is 112 Å². The van der Waals surface area contributed by atoms with Crippen LogP contribution in [0.1, 0.15) is 51.4 Å². The van der Waals surface area contributed by atoms with Crippen molar-refractivity contribution < 1.29 is 23.7 Å². The van der Waals surface area contributed by atoms with Gasteiger partial charge in [-0.1, -0.05) is 18.2 Å². The van der Waals surface area contributed by atoms with E-state index in [1.54, 1.807) is 42.4 Å². The number of pyridine rings is 2. The second kappa shape index (κ2) is 14.6. The van der Waals surface area contributed by atoms with E-state index in [0.29, 0.717) is 70.9 Å². The first-order valence-corrected chi connectivity index (χ1v) is 18.6. The summed E-state index contributed by atoms with van der Waals surface area (Å²) >= 11 is 3.72. The second-order valence-electron chi connectivity index (χ2n) is 13.2. The third kappa shape index (κ3) is 6.68. The highest BCUT2D eigenvalue weighted by Crippen LogP contribution is 2.38. The predicted molar refractivity (Wildman–Crippen MR) is 208 cm³/mol. The van der Waals surface area contributed by atoms with Crippen molar-refractivity contribution in [1.29, 1.82) is 0 Å². The number of hydrogen-bond donors (Lipinski definition) is 2. The number of hydrogen-bond acceptors (Lipinski definition) is 10. The Morgan fingerprint density at radius 3 is 2.62 bits per heavy atom. The first-order valence-electron chi connectivity index (χ1n) is 17.8. The molecule has 276 valence electrons. The number of aryl methyl sites for hydroxylation is 1. The molecule has 1 fully saturated rings. The number of methoxy groups -OCH3 is 1. The number of nitrogens with one attached hydrogen (secondary N) is 1. The summed E-state index contributed by atoms with van der Waals surface area (Å²) in [6, 6.07) is 26.6.